The Hall–Kier alpha value is -1.20. The topological polar surface area (TPSA) is 69.5 Å². The predicted octanol–water partition coefficient (Wildman–Crippen LogP) is 1.41. The van der Waals surface area contributed by atoms with Gasteiger partial charge in [-0.3, -0.25) is 0 Å². The minimum Gasteiger partial charge on any atom is -0.392 e. The van der Waals surface area contributed by atoms with Crippen LogP contribution in [0, 0.1) is 12.8 Å². The van der Waals surface area contributed by atoms with E-state index in [2.05, 4.69) is 14.9 Å². The first kappa shape index (κ1) is 13.8. The van der Waals surface area contributed by atoms with Crippen molar-refractivity contribution in [2.45, 2.75) is 51.2 Å². The molecule has 0 amide bonds. The van der Waals surface area contributed by atoms with Crippen molar-refractivity contribution in [2.75, 3.05) is 18.0 Å². The number of fused-ring (bicyclic) bond motifs is 1. The number of anilines is 1. The SMILES string of the molecule is Cc1nc(N2CCC3(O)CCCCC3C2)ncc1CO. The zero-order valence-corrected chi connectivity index (χ0v) is 12.0. The van der Waals surface area contributed by atoms with E-state index in [1.807, 2.05) is 6.92 Å². The number of rotatable bonds is 2. The molecule has 1 aliphatic carbocycles. The fraction of sp³-hybridized carbons (Fsp3) is 0.733. The lowest BCUT2D eigenvalue weighted by molar-refractivity contribution is -0.0614. The van der Waals surface area contributed by atoms with Gasteiger partial charge in [0.15, 0.2) is 0 Å². The summed E-state index contributed by atoms with van der Waals surface area (Å²) in [6.07, 6.45) is 6.91. The van der Waals surface area contributed by atoms with Gasteiger partial charge in [-0.25, -0.2) is 9.97 Å². The van der Waals surface area contributed by atoms with Crippen LogP contribution < -0.4 is 4.90 Å². The number of hydrogen-bond acceptors (Lipinski definition) is 5. The van der Waals surface area contributed by atoms with Crippen LogP contribution in [0.4, 0.5) is 5.95 Å². The summed E-state index contributed by atoms with van der Waals surface area (Å²) < 4.78 is 0. The molecule has 110 valence electrons. The van der Waals surface area contributed by atoms with Gasteiger partial charge in [0, 0.05) is 36.5 Å². The zero-order valence-electron chi connectivity index (χ0n) is 12.0. The van der Waals surface area contributed by atoms with Crippen molar-refractivity contribution in [3.05, 3.63) is 17.5 Å². The fourth-order valence-electron chi connectivity index (χ4n) is 3.54. The Balaban J connectivity index is 1.77. The minimum atomic E-state index is -0.463. The number of aromatic nitrogens is 2. The highest BCUT2D eigenvalue weighted by molar-refractivity contribution is 5.34. The Morgan fingerprint density at radius 3 is 3.00 bits per heavy atom. The maximum absolute atomic E-state index is 10.7. The number of aryl methyl sites for hydroxylation is 1. The van der Waals surface area contributed by atoms with Crippen LogP contribution in [0.5, 0.6) is 0 Å². The van der Waals surface area contributed by atoms with Crippen molar-refractivity contribution in [3.8, 4) is 0 Å². The molecule has 1 aromatic rings. The molecule has 2 N–H and O–H groups in total. The van der Waals surface area contributed by atoms with Crippen LogP contribution in [0.3, 0.4) is 0 Å². The Morgan fingerprint density at radius 1 is 1.40 bits per heavy atom. The van der Waals surface area contributed by atoms with Crippen LogP contribution in [0.15, 0.2) is 6.20 Å². The van der Waals surface area contributed by atoms with Gasteiger partial charge in [-0.1, -0.05) is 12.8 Å². The molecule has 3 rings (SSSR count). The number of aliphatic hydroxyl groups excluding tert-OH is 1. The van der Waals surface area contributed by atoms with Crippen molar-refractivity contribution < 1.29 is 10.2 Å². The second kappa shape index (κ2) is 5.30. The summed E-state index contributed by atoms with van der Waals surface area (Å²) in [6, 6.07) is 0. The molecular formula is C15H23N3O2. The highest BCUT2D eigenvalue weighted by atomic mass is 16.3. The summed E-state index contributed by atoms with van der Waals surface area (Å²) in [5.41, 5.74) is 1.15. The number of aliphatic hydroxyl groups is 2. The van der Waals surface area contributed by atoms with Crippen LogP contribution in [-0.2, 0) is 6.61 Å². The molecule has 0 spiro atoms. The predicted molar refractivity (Wildman–Crippen MR) is 76.4 cm³/mol. The van der Waals surface area contributed by atoms with E-state index in [4.69, 9.17) is 0 Å². The number of piperidine rings is 1. The highest BCUT2D eigenvalue weighted by Gasteiger charge is 2.43. The first-order chi connectivity index (χ1) is 9.62. The van der Waals surface area contributed by atoms with Gasteiger partial charge in [0.2, 0.25) is 5.95 Å². The van der Waals surface area contributed by atoms with E-state index in [9.17, 15) is 10.2 Å². The van der Waals surface area contributed by atoms with Crippen LogP contribution >= 0.6 is 0 Å². The highest BCUT2D eigenvalue weighted by Crippen LogP contribution is 2.40. The molecule has 2 fully saturated rings. The summed E-state index contributed by atoms with van der Waals surface area (Å²) in [6.45, 7) is 3.53. The maximum atomic E-state index is 10.7. The second-order valence-electron chi connectivity index (χ2n) is 6.18. The van der Waals surface area contributed by atoms with Crippen LogP contribution in [0.25, 0.3) is 0 Å². The molecule has 2 aliphatic rings. The van der Waals surface area contributed by atoms with Gasteiger partial charge in [0.1, 0.15) is 0 Å². The lowest BCUT2D eigenvalue weighted by Gasteiger charge is -2.47. The quantitative estimate of drug-likeness (QED) is 0.855. The Bertz CT molecular complexity index is 494. The van der Waals surface area contributed by atoms with Crippen molar-refractivity contribution in [2.24, 2.45) is 5.92 Å². The largest absolute Gasteiger partial charge is 0.392 e. The Morgan fingerprint density at radius 2 is 2.25 bits per heavy atom. The van der Waals surface area contributed by atoms with Crippen molar-refractivity contribution in [3.63, 3.8) is 0 Å². The molecule has 0 radical (unpaired) electrons. The van der Waals surface area contributed by atoms with Crippen molar-refractivity contribution >= 4 is 5.95 Å². The minimum absolute atomic E-state index is 0.0194. The molecule has 0 aromatic carbocycles. The van der Waals surface area contributed by atoms with Crippen LogP contribution in [-0.4, -0.2) is 38.9 Å². The Kier molecular flexibility index (Phi) is 3.65. The molecule has 1 saturated carbocycles. The van der Waals surface area contributed by atoms with Crippen molar-refractivity contribution in [1.82, 2.24) is 9.97 Å². The van der Waals surface area contributed by atoms with E-state index in [0.29, 0.717) is 5.92 Å². The molecule has 0 bridgehead atoms. The van der Waals surface area contributed by atoms with Gasteiger partial charge >= 0.3 is 0 Å². The van der Waals surface area contributed by atoms with E-state index in [-0.39, 0.29) is 6.61 Å². The standard InChI is InChI=1S/C15H23N3O2/c1-11-12(10-19)8-16-14(17-11)18-7-6-15(20)5-3-2-4-13(15)9-18/h8,13,19-20H,2-7,9-10H2,1H3. The van der Waals surface area contributed by atoms with E-state index >= 15 is 0 Å². The monoisotopic (exact) mass is 277 g/mol. The maximum Gasteiger partial charge on any atom is 0.225 e. The first-order valence-corrected chi connectivity index (χ1v) is 7.53. The van der Waals surface area contributed by atoms with Gasteiger partial charge in [-0.15, -0.1) is 0 Å². The second-order valence-corrected chi connectivity index (χ2v) is 6.18. The summed E-state index contributed by atoms with van der Waals surface area (Å²) in [5, 5.41) is 19.9. The van der Waals surface area contributed by atoms with Crippen molar-refractivity contribution in [1.29, 1.82) is 0 Å². The summed E-state index contributed by atoms with van der Waals surface area (Å²) in [7, 11) is 0. The third kappa shape index (κ3) is 2.40. The zero-order chi connectivity index (χ0) is 14.2. The third-order valence-electron chi connectivity index (χ3n) is 4.95. The average Bonchev–Trinajstić information content (AvgIpc) is 2.46. The molecule has 1 saturated heterocycles. The van der Waals surface area contributed by atoms with Gasteiger partial charge in [0.05, 0.1) is 12.2 Å². The molecular weight excluding hydrogens is 254 g/mol. The summed E-state index contributed by atoms with van der Waals surface area (Å²) in [5.74, 6) is 1.07. The Labute approximate surface area is 119 Å². The van der Waals surface area contributed by atoms with E-state index in [1.165, 1.54) is 6.42 Å². The first-order valence-electron chi connectivity index (χ1n) is 7.53. The van der Waals surface area contributed by atoms with Gasteiger partial charge in [0.25, 0.3) is 0 Å². The normalized spacial score (nSPS) is 30.1. The van der Waals surface area contributed by atoms with Crippen LogP contribution in [0.1, 0.15) is 43.4 Å². The lowest BCUT2D eigenvalue weighted by atomic mass is 9.71. The van der Waals surface area contributed by atoms with Gasteiger partial charge in [-0.05, 0) is 26.2 Å². The molecule has 5 nitrogen and oxygen atoms in total. The molecule has 1 aliphatic heterocycles. The molecule has 20 heavy (non-hydrogen) atoms. The van der Waals surface area contributed by atoms with Gasteiger partial charge < -0.3 is 15.1 Å². The van der Waals surface area contributed by atoms with E-state index in [0.717, 1.165) is 56.0 Å². The molecule has 2 unspecified atom stereocenters. The average molecular weight is 277 g/mol. The fourth-order valence-corrected chi connectivity index (χ4v) is 3.54. The van der Waals surface area contributed by atoms with Crippen LogP contribution in [0.2, 0.25) is 0 Å². The van der Waals surface area contributed by atoms with E-state index < -0.39 is 5.60 Å². The molecule has 2 heterocycles. The summed E-state index contributed by atoms with van der Waals surface area (Å²) >= 11 is 0. The molecule has 2 atom stereocenters. The van der Waals surface area contributed by atoms with Gasteiger partial charge in [-0.2, -0.15) is 0 Å². The molecule has 5 heteroatoms. The summed E-state index contributed by atoms with van der Waals surface area (Å²) in [4.78, 5) is 11.0. The lowest BCUT2D eigenvalue weighted by Crippen LogP contribution is -2.53. The number of nitrogens with zero attached hydrogens (tertiary/aromatic N) is 3. The molecule has 1 aromatic heterocycles. The van der Waals surface area contributed by atoms with E-state index in [1.54, 1.807) is 6.20 Å². The number of hydrogen-bond donors (Lipinski definition) is 2. The smallest absolute Gasteiger partial charge is 0.225 e. The third-order valence-corrected chi connectivity index (χ3v) is 4.95.